The summed E-state index contributed by atoms with van der Waals surface area (Å²) in [6.45, 7) is 1.63. The van der Waals surface area contributed by atoms with Crippen molar-refractivity contribution >= 4 is 35.5 Å². The number of carbonyl (C=O) groups is 5. The minimum absolute atomic E-state index is 0. The van der Waals surface area contributed by atoms with Crippen molar-refractivity contribution < 1.29 is 93.6 Å². The third-order valence-electron chi connectivity index (χ3n) is 6.68. The second-order valence-corrected chi connectivity index (χ2v) is 10.2. The monoisotopic (exact) mass is 810 g/mol. The molecule has 0 fully saturated rings. The number of aliphatic carboxylic acids is 3. The molecule has 0 spiro atoms. The predicted molar refractivity (Wildman–Crippen MR) is 160 cm³/mol. The first kappa shape index (κ1) is 41.5. The van der Waals surface area contributed by atoms with Crippen LogP contribution in [0.15, 0.2) is 36.7 Å². The van der Waals surface area contributed by atoms with Crippen LogP contribution in [0.2, 0.25) is 0 Å². The fourth-order valence-electron chi connectivity index (χ4n) is 4.36. The second kappa shape index (κ2) is 22.2. The predicted octanol–water partition coefficient (Wildman–Crippen LogP) is -0.688. The van der Waals surface area contributed by atoms with Crippen molar-refractivity contribution in [3.05, 3.63) is 46.8 Å². The van der Waals surface area contributed by atoms with Gasteiger partial charge in [-0.1, -0.05) is 0 Å². The molecule has 19 heteroatoms. The third-order valence-corrected chi connectivity index (χ3v) is 6.68. The molecule has 47 heavy (non-hydrogen) atoms. The Hall–Kier alpha value is -3.49. The minimum Gasteiger partial charge on any atom is -0.480 e. The molecule has 3 N–H and O–H groups in total. The fraction of sp³-hybridized carbons (Fsp3) is 0.536. The summed E-state index contributed by atoms with van der Waals surface area (Å²) in [6, 6.07) is 4.88. The molecular formula is C28H40GdN6O12. The average molecular weight is 810 g/mol. The van der Waals surface area contributed by atoms with Crippen molar-refractivity contribution in [3.8, 4) is 5.75 Å². The summed E-state index contributed by atoms with van der Waals surface area (Å²) in [5.41, 5.74) is -0.184. The van der Waals surface area contributed by atoms with Gasteiger partial charge in [0.25, 0.3) is 5.69 Å². The van der Waals surface area contributed by atoms with E-state index < -0.39 is 41.3 Å². The number of carboxylic acids is 3. The maximum absolute atomic E-state index is 13.5. The number of amides is 1. The van der Waals surface area contributed by atoms with Crippen LogP contribution in [-0.4, -0.2) is 166 Å². The molecule has 1 aromatic carbocycles. The number of rotatable bonds is 16. The van der Waals surface area contributed by atoms with E-state index in [9.17, 15) is 49.4 Å². The average Bonchev–Trinajstić information content (AvgIpc) is 2.97. The zero-order valence-electron chi connectivity index (χ0n) is 25.9. The number of carboxylic acid groups (broad SMARTS) is 3. The van der Waals surface area contributed by atoms with Crippen molar-refractivity contribution in [2.75, 3.05) is 91.8 Å². The van der Waals surface area contributed by atoms with E-state index in [1.54, 1.807) is 16.7 Å². The van der Waals surface area contributed by atoms with Crippen molar-refractivity contribution in [3.63, 3.8) is 0 Å². The maximum Gasteiger partial charge on any atom is 0.331 e. The van der Waals surface area contributed by atoms with Gasteiger partial charge >= 0.3 is 23.9 Å². The summed E-state index contributed by atoms with van der Waals surface area (Å²) in [5.74, 6) is -4.51. The SMILES string of the molecule is CCOCCN(CC(=O)Oc1ccc([N+](=O)[O-])cc1)C(=O)CN1CCN(CC(=O)O)/C=C\N(CC(=O)O)CCN(CC(=O)O)CC1.[Gd]. The van der Waals surface area contributed by atoms with Gasteiger partial charge in [-0.25, -0.2) is 4.79 Å². The van der Waals surface area contributed by atoms with Gasteiger partial charge in [0.15, 0.2) is 0 Å². The number of benzene rings is 1. The molecular weight excluding hydrogens is 770 g/mol. The largest absolute Gasteiger partial charge is 0.480 e. The number of non-ortho nitro benzene ring substituents is 1. The van der Waals surface area contributed by atoms with Gasteiger partial charge < -0.3 is 39.5 Å². The molecule has 0 saturated heterocycles. The van der Waals surface area contributed by atoms with Gasteiger partial charge in [0.1, 0.15) is 25.4 Å². The summed E-state index contributed by atoms with van der Waals surface area (Å²) in [6.07, 6.45) is 2.89. The molecule has 1 heterocycles. The smallest absolute Gasteiger partial charge is 0.331 e. The molecule has 0 aliphatic carbocycles. The van der Waals surface area contributed by atoms with Crippen LogP contribution in [0.1, 0.15) is 6.92 Å². The Bertz CT molecular complexity index is 1230. The molecule has 0 atom stereocenters. The second-order valence-electron chi connectivity index (χ2n) is 10.2. The summed E-state index contributed by atoms with van der Waals surface area (Å²) in [5, 5.41) is 39.0. The third kappa shape index (κ3) is 17.3. The Morgan fingerprint density at radius 1 is 0.809 bits per heavy atom. The van der Waals surface area contributed by atoms with Crippen LogP contribution in [0.5, 0.6) is 5.75 Å². The normalized spacial score (nSPS) is 15.3. The Kier molecular flexibility index (Phi) is 19.6. The fourth-order valence-corrected chi connectivity index (χ4v) is 4.36. The summed E-state index contributed by atoms with van der Waals surface area (Å²) < 4.78 is 10.6. The number of nitrogens with zero attached hydrogens (tertiary/aromatic N) is 6. The van der Waals surface area contributed by atoms with Gasteiger partial charge in [-0.15, -0.1) is 0 Å². The molecule has 1 amide bonds. The van der Waals surface area contributed by atoms with Gasteiger partial charge in [0.2, 0.25) is 5.91 Å². The van der Waals surface area contributed by atoms with Crippen LogP contribution >= 0.6 is 0 Å². The maximum atomic E-state index is 13.5. The number of nitro groups is 1. The summed E-state index contributed by atoms with van der Waals surface area (Å²) in [7, 11) is 0. The zero-order chi connectivity index (χ0) is 34.1. The Morgan fingerprint density at radius 2 is 1.30 bits per heavy atom. The van der Waals surface area contributed by atoms with E-state index in [0.717, 1.165) is 0 Å². The molecule has 1 aromatic rings. The molecule has 0 unspecified atom stereocenters. The van der Waals surface area contributed by atoms with Crippen LogP contribution in [-0.2, 0) is 28.7 Å². The van der Waals surface area contributed by atoms with Crippen LogP contribution in [0.3, 0.4) is 0 Å². The van der Waals surface area contributed by atoms with E-state index in [1.807, 2.05) is 0 Å². The van der Waals surface area contributed by atoms with E-state index in [4.69, 9.17) is 9.47 Å². The molecule has 18 nitrogen and oxygen atoms in total. The quantitative estimate of drug-likeness (QED) is 0.0618. The molecule has 2 rings (SSSR count). The standard InChI is InChI=1S/C28H40N6O12.Gd/c1-2-45-16-15-33(21-28(42)46-23-5-3-22(4-6-23)34(43)44)24(35)17-29-7-9-30(18-25(36)37)11-13-32(20-27(40)41)14-12-31(10-8-29)19-26(38)39;/h3-6,11,13H,2,7-10,12,14-21H2,1H3,(H,36,37)(H,38,39)(H,40,41);/b13-11-;. The number of ether oxygens (including phenoxy) is 2. The number of hydrogen-bond acceptors (Lipinski definition) is 13. The van der Waals surface area contributed by atoms with Gasteiger partial charge in [0, 0.05) is 117 Å². The molecule has 1 aliphatic heterocycles. The van der Waals surface area contributed by atoms with E-state index >= 15 is 0 Å². The van der Waals surface area contributed by atoms with Gasteiger partial charge in [-0.05, 0) is 19.1 Å². The number of carbonyl (C=O) groups excluding carboxylic acids is 2. The van der Waals surface area contributed by atoms with E-state index in [2.05, 4.69) is 0 Å². The van der Waals surface area contributed by atoms with Crippen LogP contribution in [0, 0.1) is 50.1 Å². The van der Waals surface area contributed by atoms with Gasteiger partial charge in [-0.3, -0.25) is 39.1 Å². The van der Waals surface area contributed by atoms with E-state index in [1.165, 1.54) is 51.4 Å². The Morgan fingerprint density at radius 3 is 1.77 bits per heavy atom. The molecule has 0 radical (unpaired) electrons. The Labute approximate surface area is 303 Å². The molecule has 1 aliphatic rings. The van der Waals surface area contributed by atoms with E-state index in [-0.39, 0.29) is 130 Å². The molecule has 262 valence electrons. The van der Waals surface area contributed by atoms with Crippen LogP contribution in [0.25, 0.3) is 0 Å². The first-order chi connectivity index (χ1) is 21.9. The van der Waals surface area contributed by atoms with E-state index in [0.29, 0.717) is 6.61 Å². The van der Waals surface area contributed by atoms with Crippen molar-refractivity contribution in [1.82, 2.24) is 24.5 Å². The van der Waals surface area contributed by atoms with Crippen molar-refractivity contribution in [1.29, 1.82) is 0 Å². The Balaban J connectivity index is 0.0000110. The summed E-state index contributed by atoms with van der Waals surface area (Å²) >= 11 is 0. The zero-order valence-corrected chi connectivity index (χ0v) is 28.2. The minimum atomic E-state index is -1.12. The van der Waals surface area contributed by atoms with Crippen molar-refractivity contribution in [2.45, 2.75) is 6.92 Å². The topological polar surface area (TPSA) is 224 Å². The molecule has 0 saturated carbocycles. The number of esters is 1. The van der Waals surface area contributed by atoms with Crippen LogP contribution < -0.4 is 4.74 Å². The first-order valence-corrected chi connectivity index (χ1v) is 14.4. The molecule has 0 aromatic heterocycles. The first-order valence-electron chi connectivity index (χ1n) is 14.4. The van der Waals surface area contributed by atoms with Crippen molar-refractivity contribution in [2.24, 2.45) is 0 Å². The number of nitro benzene ring substituents is 1. The van der Waals surface area contributed by atoms with Gasteiger partial charge in [0.05, 0.1) is 24.6 Å². The van der Waals surface area contributed by atoms with Crippen LogP contribution in [0.4, 0.5) is 5.69 Å². The van der Waals surface area contributed by atoms with Gasteiger partial charge in [-0.2, -0.15) is 0 Å². The summed E-state index contributed by atoms with van der Waals surface area (Å²) in [4.78, 5) is 78.4. The molecule has 0 bridgehead atoms. The number of hydrogen-bond donors (Lipinski definition) is 3.